The SMILES string of the molecule is O=C1c2ccccc2CN1C1CC[CH]CC1. The highest BCUT2D eigenvalue weighted by molar-refractivity contribution is 5.98. The van der Waals surface area contributed by atoms with Gasteiger partial charge in [0.15, 0.2) is 0 Å². The van der Waals surface area contributed by atoms with Gasteiger partial charge < -0.3 is 4.90 Å². The molecule has 2 aliphatic rings. The van der Waals surface area contributed by atoms with E-state index in [4.69, 9.17) is 0 Å². The Labute approximate surface area is 96.3 Å². The molecule has 0 unspecified atom stereocenters. The number of rotatable bonds is 1. The van der Waals surface area contributed by atoms with E-state index >= 15 is 0 Å². The molecule has 3 rings (SSSR count). The molecular weight excluding hydrogens is 198 g/mol. The van der Waals surface area contributed by atoms with Crippen LogP contribution in [-0.4, -0.2) is 16.8 Å². The summed E-state index contributed by atoms with van der Waals surface area (Å²) in [5, 5.41) is 0. The predicted molar refractivity (Wildman–Crippen MR) is 62.9 cm³/mol. The maximum absolute atomic E-state index is 12.2. The smallest absolute Gasteiger partial charge is 0.254 e. The Bertz CT molecular complexity index is 407. The molecule has 1 saturated carbocycles. The standard InChI is InChI=1S/C14H16NO/c16-14-13-9-5-4-6-11(13)10-15(14)12-7-2-1-3-8-12/h1,4-6,9,12H,2-3,7-8,10H2. The predicted octanol–water partition coefficient (Wildman–Crippen LogP) is 2.79. The van der Waals surface area contributed by atoms with Gasteiger partial charge >= 0.3 is 0 Å². The molecule has 1 aromatic carbocycles. The highest BCUT2D eigenvalue weighted by Crippen LogP contribution is 2.30. The third-order valence-corrected chi connectivity index (χ3v) is 3.70. The van der Waals surface area contributed by atoms with Crippen LogP contribution in [0.3, 0.4) is 0 Å². The molecule has 0 aromatic heterocycles. The summed E-state index contributed by atoms with van der Waals surface area (Å²) in [7, 11) is 0. The summed E-state index contributed by atoms with van der Waals surface area (Å²) in [4.78, 5) is 14.3. The second-order valence-electron chi connectivity index (χ2n) is 4.69. The number of nitrogens with zero attached hydrogens (tertiary/aromatic N) is 1. The molecule has 0 saturated heterocycles. The van der Waals surface area contributed by atoms with Crippen molar-refractivity contribution in [2.24, 2.45) is 0 Å². The fraction of sp³-hybridized carbons (Fsp3) is 0.429. The maximum atomic E-state index is 12.2. The van der Waals surface area contributed by atoms with E-state index in [1.165, 1.54) is 5.56 Å². The number of hydrogen-bond acceptors (Lipinski definition) is 1. The van der Waals surface area contributed by atoms with Crippen LogP contribution in [0.4, 0.5) is 0 Å². The second-order valence-corrected chi connectivity index (χ2v) is 4.69. The molecule has 2 heteroatoms. The normalized spacial score (nSPS) is 21.2. The lowest BCUT2D eigenvalue weighted by Crippen LogP contribution is -2.36. The maximum Gasteiger partial charge on any atom is 0.254 e. The van der Waals surface area contributed by atoms with Crippen molar-refractivity contribution in [2.75, 3.05) is 0 Å². The number of carbonyl (C=O) groups is 1. The van der Waals surface area contributed by atoms with E-state index in [0.717, 1.165) is 37.8 Å². The van der Waals surface area contributed by atoms with Gasteiger partial charge in [0.05, 0.1) is 0 Å². The highest BCUT2D eigenvalue weighted by atomic mass is 16.2. The molecule has 1 aliphatic carbocycles. The van der Waals surface area contributed by atoms with Gasteiger partial charge in [-0.1, -0.05) is 18.2 Å². The molecule has 0 atom stereocenters. The van der Waals surface area contributed by atoms with Crippen molar-refractivity contribution in [3.05, 3.63) is 41.8 Å². The molecule has 0 bridgehead atoms. The van der Waals surface area contributed by atoms with Crippen molar-refractivity contribution in [3.63, 3.8) is 0 Å². The monoisotopic (exact) mass is 214 g/mol. The average Bonchev–Trinajstić information content (AvgIpc) is 2.69. The Balaban J connectivity index is 1.83. The van der Waals surface area contributed by atoms with E-state index in [1.54, 1.807) is 0 Å². The van der Waals surface area contributed by atoms with Crippen LogP contribution in [0.2, 0.25) is 0 Å². The molecule has 2 nitrogen and oxygen atoms in total. The number of carbonyl (C=O) groups excluding carboxylic acids is 1. The molecular formula is C14H16NO. The minimum atomic E-state index is 0.238. The van der Waals surface area contributed by atoms with Crippen LogP contribution >= 0.6 is 0 Å². The fourth-order valence-electron chi connectivity index (χ4n) is 2.79. The lowest BCUT2D eigenvalue weighted by molar-refractivity contribution is 0.0672. The summed E-state index contributed by atoms with van der Waals surface area (Å²) >= 11 is 0. The minimum Gasteiger partial charge on any atom is -0.331 e. The van der Waals surface area contributed by atoms with Gasteiger partial charge in [0.1, 0.15) is 0 Å². The zero-order valence-electron chi connectivity index (χ0n) is 9.36. The van der Waals surface area contributed by atoms with Gasteiger partial charge in [-0.05, 0) is 43.7 Å². The van der Waals surface area contributed by atoms with E-state index in [9.17, 15) is 4.79 Å². The van der Waals surface area contributed by atoms with E-state index < -0.39 is 0 Å². The van der Waals surface area contributed by atoms with Crippen molar-refractivity contribution in [2.45, 2.75) is 38.3 Å². The van der Waals surface area contributed by atoms with Crippen LogP contribution in [0, 0.1) is 6.42 Å². The number of fused-ring (bicyclic) bond motifs is 1. The Hall–Kier alpha value is -1.31. The van der Waals surface area contributed by atoms with Crippen molar-refractivity contribution in [1.82, 2.24) is 4.90 Å². The van der Waals surface area contributed by atoms with Gasteiger partial charge in [-0.2, -0.15) is 0 Å². The Kier molecular flexibility index (Phi) is 2.43. The third kappa shape index (κ3) is 1.53. The van der Waals surface area contributed by atoms with Crippen LogP contribution < -0.4 is 0 Å². The Morgan fingerprint density at radius 1 is 1.12 bits per heavy atom. The largest absolute Gasteiger partial charge is 0.331 e. The summed E-state index contributed by atoms with van der Waals surface area (Å²) in [5.41, 5.74) is 2.11. The first kappa shape index (κ1) is 9.88. The first-order valence-electron chi connectivity index (χ1n) is 6.07. The van der Waals surface area contributed by atoms with Crippen molar-refractivity contribution in [3.8, 4) is 0 Å². The molecule has 1 heterocycles. The van der Waals surface area contributed by atoms with Crippen molar-refractivity contribution < 1.29 is 4.79 Å². The third-order valence-electron chi connectivity index (χ3n) is 3.70. The number of hydrogen-bond donors (Lipinski definition) is 0. The Morgan fingerprint density at radius 2 is 1.88 bits per heavy atom. The van der Waals surface area contributed by atoms with E-state index in [-0.39, 0.29) is 5.91 Å². The molecule has 1 amide bonds. The highest BCUT2D eigenvalue weighted by Gasteiger charge is 2.32. The van der Waals surface area contributed by atoms with E-state index in [2.05, 4.69) is 17.4 Å². The van der Waals surface area contributed by atoms with Gasteiger partial charge in [-0.25, -0.2) is 0 Å². The Morgan fingerprint density at radius 3 is 2.62 bits per heavy atom. The molecule has 16 heavy (non-hydrogen) atoms. The first-order chi connectivity index (χ1) is 7.86. The lowest BCUT2D eigenvalue weighted by Gasteiger charge is -2.30. The van der Waals surface area contributed by atoms with Crippen molar-refractivity contribution >= 4 is 5.91 Å². The summed E-state index contributed by atoms with van der Waals surface area (Å²) in [6.45, 7) is 0.819. The average molecular weight is 214 g/mol. The molecule has 0 N–H and O–H groups in total. The molecule has 1 fully saturated rings. The summed E-state index contributed by atoms with van der Waals surface area (Å²) in [6, 6.07) is 8.46. The molecule has 1 radical (unpaired) electrons. The fourth-order valence-corrected chi connectivity index (χ4v) is 2.79. The number of benzene rings is 1. The zero-order valence-corrected chi connectivity index (χ0v) is 9.36. The van der Waals surface area contributed by atoms with Gasteiger partial charge in [0.25, 0.3) is 5.91 Å². The molecule has 83 valence electrons. The van der Waals surface area contributed by atoms with E-state index in [0.29, 0.717) is 6.04 Å². The van der Waals surface area contributed by atoms with Crippen LogP contribution in [0.25, 0.3) is 0 Å². The zero-order chi connectivity index (χ0) is 11.0. The lowest BCUT2D eigenvalue weighted by atomic mass is 9.94. The van der Waals surface area contributed by atoms with Gasteiger partial charge in [0.2, 0.25) is 0 Å². The first-order valence-corrected chi connectivity index (χ1v) is 6.07. The topological polar surface area (TPSA) is 20.3 Å². The molecule has 1 aliphatic heterocycles. The quantitative estimate of drug-likeness (QED) is 0.704. The van der Waals surface area contributed by atoms with Crippen LogP contribution in [-0.2, 0) is 6.54 Å². The summed E-state index contributed by atoms with van der Waals surface area (Å²) in [5.74, 6) is 0.238. The second kappa shape index (κ2) is 3.93. The van der Waals surface area contributed by atoms with Crippen molar-refractivity contribution in [1.29, 1.82) is 0 Å². The van der Waals surface area contributed by atoms with Gasteiger partial charge in [-0.15, -0.1) is 0 Å². The summed E-state index contributed by atoms with van der Waals surface area (Å²) in [6.07, 6.45) is 6.93. The van der Waals surface area contributed by atoms with Crippen LogP contribution in [0.5, 0.6) is 0 Å². The molecule has 1 aromatic rings. The minimum absolute atomic E-state index is 0.238. The van der Waals surface area contributed by atoms with Crippen LogP contribution in [0.1, 0.15) is 41.6 Å². The van der Waals surface area contributed by atoms with E-state index in [1.807, 2.05) is 18.2 Å². The van der Waals surface area contributed by atoms with Gasteiger partial charge in [-0.3, -0.25) is 4.79 Å². The van der Waals surface area contributed by atoms with Crippen LogP contribution in [0.15, 0.2) is 24.3 Å². The summed E-state index contributed by atoms with van der Waals surface area (Å²) < 4.78 is 0. The van der Waals surface area contributed by atoms with Gasteiger partial charge in [0, 0.05) is 18.2 Å². The molecule has 0 spiro atoms. The number of amides is 1.